The second-order valence-corrected chi connectivity index (χ2v) is 2.51. The lowest BCUT2D eigenvalue weighted by Crippen LogP contribution is -2.17. The van der Waals surface area contributed by atoms with Crippen LogP contribution in [0.15, 0.2) is 26.7 Å². The molecule has 0 aliphatic carbocycles. The summed E-state index contributed by atoms with van der Waals surface area (Å²) >= 11 is 0. The minimum atomic E-state index is -0.306. The summed E-state index contributed by atoms with van der Waals surface area (Å²) in [6, 6.07) is 1.23. The molecule has 1 aromatic rings. The van der Waals surface area contributed by atoms with Crippen molar-refractivity contribution in [2.45, 2.75) is 6.42 Å². The van der Waals surface area contributed by atoms with E-state index in [-0.39, 0.29) is 29.2 Å². The van der Waals surface area contributed by atoms with Crippen LogP contribution < -0.4 is 15.9 Å². The molecule has 1 rings (SSSR count). The van der Waals surface area contributed by atoms with E-state index >= 15 is 0 Å². The highest BCUT2D eigenvalue weighted by Crippen LogP contribution is 2.12. The van der Waals surface area contributed by atoms with E-state index in [1.54, 1.807) is 0 Å². The summed E-state index contributed by atoms with van der Waals surface area (Å²) in [5.41, 5.74) is 4.96. The smallest absolute Gasteiger partial charge is 0.227 e. The molecule has 6 nitrogen and oxygen atoms in total. The average Bonchev–Trinajstić information content (AvgIpc) is 2.18. The molecule has 0 atom stereocenters. The van der Waals surface area contributed by atoms with Crippen LogP contribution >= 0.6 is 0 Å². The SMILES string of the molecule is COc1c(C/C(N)=N/O)occc1=O. The maximum absolute atomic E-state index is 11.2. The Morgan fingerprint density at radius 2 is 2.50 bits per heavy atom. The molecule has 0 fully saturated rings. The van der Waals surface area contributed by atoms with Gasteiger partial charge in [-0.2, -0.15) is 0 Å². The van der Waals surface area contributed by atoms with Gasteiger partial charge in [-0.1, -0.05) is 5.16 Å². The molecule has 0 saturated carbocycles. The maximum Gasteiger partial charge on any atom is 0.227 e. The molecule has 0 unspecified atom stereocenters. The molecular weight excluding hydrogens is 188 g/mol. The number of rotatable bonds is 3. The third-order valence-corrected chi connectivity index (χ3v) is 1.58. The van der Waals surface area contributed by atoms with Crippen LogP contribution in [0.2, 0.25) is 0 Å². The van der Waals surface area contributed by atoms with Gasteiger partial charge in [0.2, 0.25) is 11.2 Å². The van der Waals surface area contributed by atoms with Crippen LogP contribution in [0.1, 0.15) is 5.76 Å². The van der Waals surface area contributed by atoms with Gasteiger partial charge in [0.1, 0.15) is 5.84 Å². The van der Waals surface area contributed by atoms with Gasteiger partial charge in [0.25, 0.3) is 0 Å². The van der Waals surface area contributed by atoms with Crippen LogP contribution in [-0.2, 0) is 6.42 Å². The fourth-order valence-electron chi connectivity index (χ4n) is 0.981. The van der Waals surface area contributed by atoms with Crippen molar-refractivity contribution in [2.24, 2.45) is 10.9 Å². The van der Waals surface area contributed by atoms with Gasteiger partial charge in [0.05, 0.1) is 19.8 Å². The Balaban J connectivity index is 3.08. The molecule has 0 radical (unpaired) electrons. The third kappa shape index (κ3) is 2.03. The molecule has 76 valence electrons. The summed E-state index contributed by atoms with van der Waals surface area (Å²) in [5, 5.41) is 11.1. The average molecular weight is 198 g/mol. The van der Waals surface area contributed by atoms with Gasteiger partial charge in [-0.15, -0.1) is 0 Å². The van der Waals surface area contributed by atoms with Crippen LogP contribution in [0, 0.1) is 0 Å². The van der Waals surface area contributed by atoms with Crippen LogP contribution in [0.5, 0.6) is 5.75 Å². The van der Waals surface area contributed by atoms with E-state index in [2.05, 4.69) is 5.16 Å². The third-order valence-electron chi connectivity index (χ3n) is 1.58. The van der Waals surface area contributed by atoms with Crippen molar-refractivity contribution in [1.82, 2.24) is 0 Å². The first kappa shape index (κ1) is 10.1. The summed E-state index contributed by atoms with van der Waals surface area (Å²) < 4.78 is 9.83. The zero-order valence-corrected chi connectivity index (χ0v) is 7.56. The minimum Gasteiger partial charge on any atom is -0.490 e. The molecule has 0 aliphatic rings. The lowest BCUT2D eigenvalue weighted by atomic mass is 10.2. The van der Waals surface area contributed by atoms with E-state index in [0.29, 0.717) is 0 Å². The highest BCUT2D eigenvalue weighted by atomic mass is 16.5. The molecule has 1 heterocycles. The number of hydrogen-bond acceptors (Lipinski definition) is 5. The number of nitrogens with two attached hydrogens (primary N) is 1. The van der Waals surface area contributed by atoms with Crippen molar-refractivity contribution < 1.29 is 14.4 Å². The standard InChI is InChI=1S/C8H10N2O4/c1-13-8-5(11)2-3-14-6(8)4-7(9)10-12/h2-3,12H,4H2,1H3,(H2,9,10). The van der Waals surface area contributed by atoms with Crippen molar-refractivity contribution in [1.29, 1.82) is 0 Å². The highest BCUT2D eigenvalue weighted by Gasteiger charge is 2.10. The van der Waals surface area contributed by atoms with Crippen LogP contribution in [0.3, 0.4) is 0 Å². The lowest BCUT2D eigenvalue weighted by molar-refractivity contribution is 0.316. The van der Waals surface area contributed by atoms with Gasteiger partial charge in [-0.25, -0.2) is 0 Å². The van der Waals surface area contributed by atoms with Gasteiger partial charge in [0.15, 0.2) is 5.76 Å². The first-order valence-electron chi connectivity index (χ1n) is 3.80. The first-order chi connectivity index (χ1) is 6.69. The molecule has 0 amide bonds. The van der Waals surface area contributed by atoms with Crippen molar-refractivity contribution >= 4 is 5.84 Å². The monoisotopic (exact) mass is 198 g/mol. The molecule has 0 aliphatic heterocycles. The molecule has 0 spiro atoms. The number of methoxy groups -OCH3 is 1. The Kier molecular flexibility index (Phi) is 3.11. The minimum absolute atomic E-state index is 0.0236. The number of hydrogen-bond donors (Lipinski definition) is 2. The van der Waals surface area contributed by atoms with Gasteiger partial charge in [0, 0.05) is 6.07 Å². The molecular formula is C8H10N2O4. The summed E-state index contributed by atoms with van der Waals surface area (Å²) in [6.07, 6.45) is 1.25. The normalized spacial score (nSPS) is 11.4. The van der Waals surface area contributed by atoms with E-state index in [9.17, 15) is 4.79 Å². The summed E-state index contributed by atoms with van der Waals surface area (Å²) in [4.78, 5) is 11.2. The quantitative estimate of drug-likeness (QED) is 0.307. The van der Waals surface area contributed by atoms with E-state index in [4.69, 9.17) is 20.1 Å². The molecule has 0 saturated heterocycles. The Morgan fingerprint density at radius 3 is 3.07 bits per heavy atom. The fourth-order valence-corrected chi connectivity index (χ4v) is 0.981. The Bertz CT molecular complexity index is 397. The summed E-state index contributed by atoms with van der Waals surface area (Å²) in [7, 11) is 1.35. The van der Waals surface area contributed by atoms with Gasteiger partial charge < -0.3 is 20.1 Å². The zero-order valence-electron chi connectivity index (χ0n) is 7.56. The fraction of sp³-hybridized carbons (Fsp3) is 0.250. The van der Waals surface area contributed by atoms with E-state index in [1.165, 1.54) is 19.4 Å². The van der Waals surface area contributed by atoms with Gasteiger partial charge >= 0.3 is 0 Å². The molecule has 14 heavy (non-hydrogen) atoms. The number of nitrogens with zero attached hydrogens (tertiary/aromatic N) is 1. The molecule has 0 bridgehead atoms. The largest absolute Gasteiger partial charge is 0.490 e. The second-order valence-electron chi connectivity index (χ2n) is 2.51. The van der Waals surface area contributed by atoms with Crippen LogP contribution in [0.4, 0.5) is 0 Å². The van der Waals surface area contributed by atoms with Gasteiger partial charge in [-0.05, 0) is 0 Å². The molecule has 0 aromatic carbocycles. The molecule has 1 aromatic heterocycles. The predicted octanol–water partition coefficient (Wildman–Crippen LogP) is -0.0627. The first-order valence-corrected chi connectivity index (χ1v) is 3.80. The number of amidine groups is 1. The van der Waals surface area contributed by atoms with Crippen LogP contribution in [-0.4, -0.2) is 18.2 Å². The maximum atomic E-state index is 11.2. The van der Waals surface area contributed by atoms with Crippen LogP contribution in [0.25, 0.3) is 0 Å². The van der Waals surface area contributed by atoms with Gasteiger partial charge in [-0.3, -0.25) is 4.79 Å². The van der Waals surface area contributed by atoms with Crippen molar-refractivity contribution in [2.75, 3.05) is 7.11 Å². The summed E-state index contributed by atoms with van der Waals surface area (Å²) in [5.74, 6) is 0.243. The number of oxime groups is 1. The number of ether oxygens (including phenoxy) is 1. The van der Waals surface area contributed by atoms with Crippen molar-refractivity contribution in [3.05, 3.63) is 28.3 Å². The molecule has 3 N–H and O–H groups in total. The Hall–Kier alpha value is -1.98. The molecule has 6 heteroatoms. The van der Waals surface area contributed by atoms with E-state index in [1.807, 2.05) is 0 Å². The Morgan fingerprint density at radius 1 is 1.79 bits per heavy atom. The highest BCUT2D eigenvalue weighted by molar-refractivity contribution is 5.81. The van der Waals surface area contributed by atoms with Crippen molar-refractivity contribution in [3.8, 4) is 5.75 Å². The summed E-state index contributed by atoms with van der Waals surface area (Å²) in [6.45, 7) is 0. The van der Waals surface area contributed by atoms with Crippen molar-refractivity contribution in [3.63, 3.8) is 0 Å². The lowest BCUT2D eigenvalue weighted by Gasteiger charge is -2.03. The van der Waals surface area contributed by atoms with E-state index in [0.717, 1.165) is 0 Å². The predicted molar refractivity (Wildman–Crippen MR) is 48.6 cm³/mol. The zero-order chi connectivity index (χ0) is 10.6. The van der Waals surface area contributed by atoms with E-state index < -0.39 is 0 Å². The topological polar surface area (TPSA) is 98.1 Å². The Labute approximate surface area is 79.6 Å². The second kappa shape index (κ2) is 4.31.